The van der Waals surface area contributed by atoms with Crippen LogP contribution in [0.15, 0.2) is 84.0 Å². The van der Waals surface area contributed by atoms with Crippen molar-refractivity contribution in [3.8, 4) is 22.8 Å². The van der Waals surface area contributed by atoms with Gasteiger partial charge in [0.2, 0.25) is 17.7 Å². The van der Waals surface area contributed by atoms with Gasteiger partial charge in [-0.1, -0.05) is 24.3 Å². The molecule has 58 heavy (non-hydrogen) atoms. The number of amides is 5. The molecule has 2 aromatic heterocycles. The van der Waals surface area contributed by atoms with E-state index in [1.807, 2.05) is 59.3 Å². The van der Waals surface area contributed by atoms with Crippen LogP contribution in [-0.2, 0) is 23.9 Å². The van der Waals surface area contributed by atoms with E-state index in [4.69, 9.17) is 25.0 Å². The Balaban J connectivity index is 0.776. The van der Waals surface area contributed by atoms with Crippen molar-refractivity contribution in [3.63, 3.8) is 0 Å². The molecule has 0 radical (unpaired) electrons. The number of thioether (sulfide) groups is 1. The molecule has 5 amide bonds. The Hall–Kier alpha value is -6.17. The Bertz CT molecular complexity index is 2370. The van der Waals surface area contributed by atoms with Gasteiger partial charge in [0.25, 0.3) is 11.8 Å². The van der Waals surface area contributed by atoms with Gasteiger partial charge in [-0.15, -0.1) is 11.8 Å². The molecule has 0 saturated carbocycles. The zero-order valence-corrected chi connectivity index (χ0v) is 32.2. The molecule has 0 spiro atoms. The molecular formula is C41H40N8O8S. The van der Waals surface area contributed by atoms with E-state index >= 15 is 0 Å². The number of piperidine rings is 2. The number of nitrogen functional groups attached to an aromatic ring is 1. The minimum Gasteiger partial charge on any atom is -0.457 e. The van der Waals surface area contributed by atoms with Crippen molar-refractivity contribution in [1.29, 1.82) is 0 Å². The number of fused-ring (bicyclic) bond motifs is 2. The highest BCUT2D eigenvalue weighted by Gasteiger charge is 2.45. The number of para-hydroxylation sites is 1. The van der Waals surface area contributed by atoms with Crippen molar-refractivity contribution >= 4 is 58.1 Å². The van der Waals surface area contributed by atoms with Gasteiger partial charge in [0.05, 0.1) is 42.4 Å². The minimum atomic E-state index is -1.02. The Morgan fingerprint density at radius 2 is 1.60 bits per heavy atom. The highest BCUT2D eigenvalue weighted by Crippen LogP contribution is 2.36. The van der Waals surface area contributed by atoms with Crippen molar-refractivity contribution in [2.45, 2.75) is 42.7 Å². The first-order valence-corrected chi connectivity index (χ1v) is 20.0. The van der Waals surface area contributed by atoms with Gasteiger partial charge in [0, 0.05) is 35.7 Å². The monoisotopic (exact) mass is 804 g/mol. The SMILES string of the molecule is Nc1ncnc2c1c(-c1ccc(Oc3ccccc3)cc1)nn2C1CCN(C(=O)COCCOCCSc2cccc3c2C(=O)N(C2CCC(=O)NC2=O)C3=O)CC1. The van der Waals surface area contributed by atoms with E-state index in [0.29, 0.717) is 71.5 Å². The number of anilines is 1. The number of nitrogens with two attached hydrogens (primary N) is 1. The zero-order valence-electron chi connectivity index (χ0n) is 31.4. The Kier molecular flexibility index (Phi) is 11.4. The maximum absolute atomic E-state index is 13.3. The molecule has 0 aliphatic carbocycles. The highest BCUT2D eigenvalue weighted by atomic mass is 32.2. The van der Waals surface area contributed by atoms with Crippen LogP contribution < -0.4 is 15.8 Å². The predicted molar refractivity (Wildman–Crippen MR) is 212 cm³/mol. The summed E-state index contributed by atoms with van der Waals surface area (Å²) in [5.74, 6) is 0.0177. The van der Waals surface area contributed by atoms with Crippen molar-refractivity contribution in [2.75, 3.05) is 51.0 Å². The van der Waals surface area contributed by atoms with Crippen molar-refractivity contribution in [1.82, 2.24) is 34.9 Å². The van der Waals surface area contributed by atoms with E-state index in [2.05, 4.69) is 15.3 Å². The molecule has 1 atom stereocenters. The first kappa shape index (κ1) is 38.7. The second-order valence-corrected chi connectivity index (χ2v) is 15.1. The van der Waals surface area contributed by atoms with E-state index in [9.17, 15) is 24.0 Å². The molecule has 1 unspecified atom stereocenters. The summed E-state index contributed by atoms with van der Waals surface area (Å²) in [6, 6.07) is 21.2. The summed E-state index contributed by atoms with van der Waals surface area (Å²) in [5.41, 5.74) is 9.03. The van der Waals surface area contributed by atoms with Gasteiger partial charge >= 0.3 is 0 Å². The number of nitrogens with one attached hydrogen (secondary N) is 1. The van der Waals surface area contributed by atoms with E-state index < -0.39 is 29.7 Å². The second-order valence-electron chi connectivity index (χ2n) is 13.9. The van der Waals surface area contributed by atoms with Gasteiger partial charge in [-0.2, -0.15) is 5.10 Å². The number of carbonyl (C=O) groups is 5. The normalized spacial score (nSPS) is 17.2. The Morgan fingerprint density at radius 3 is 2.38 bits per heavy atom. The van der Waals surface area contributed by atoms with Gasteiger partial charge < -0.3 is 24.8 Å². The van der Waals surface area contributed by atoms with Gasteiger partial charge in [0.15, 0.2) is 5.65 Å². The van der Waals surface area contributed by atoms with E-state index in [-0.39, 0.29) is 55.7 Å². The molecule has 8 rings (SSSR count). The first-order valence-electron chi connectivity index (χ1n) is 19.0. The number of aromatic nitrogens is 4. The maximum Gasteiger partial charge on any atom is 0.263 e. The molecule has 17 heteroatoms. The lowest BCUT2D eigenvalue weighted by Gasteiger charge is -2.32. The Morgan fingerprint density at radius 1 is 0.845 bits per heavy atom. The van der Waals surface area contributed by atoms with E-state index in [1.165, 1.54) is 18.1 Å². The summed E-state index contributed by atoms with van der Waals surface area (Å²) in [6.45, 7) is 1.84. The maximum atomic E-state index is 13.3. The van der Waals surface area contributed by atoms with Crippen molar-refractivity contribution in [3.05, 3.63) is 90.3 Å². The quantitative estimate of drug-likeness (QED) is 0.0918. The summed E-state index contributed by atoms with van der Waals surface area (Å²) in [4.78, 5) is 75.5. The van der Waals surface area contributed by atoms with E-state index in [1.54, 1.807) is 23.1 Å². The number of likely N-dealkylation sites (tertiary alicyclic amines) is 1. The number of hydrogen-bond acceptors (Lipinski definition) is 13. The molecular weight excluding hydrogens is 765 g/mol. The second kappa shape index (κ2) is 17.1. The average Bonchev–Trinajstić information content (AvgIpc) is 3.75. The van der Waals surface area contributed by atoms with Gasteiger partial charge in [-0.25, -0.2) is 14.6 Å². The highest BCUT2D eigenvalue weighted by molar-refractivity contribution is 7.99. The van der Waals surface area contributed by atoms with Crippen LogP contribution >= 0.6 is 11.8 Å². The van der Waals surface area contributed by atoms with E-state index in [0.717, 1.165) is 16.2 Å². The van der Waals surface area contributed by atoms with Crippen LogP contribution in [0.1, 0.15) is 52.4 Å². The molecule has 3 aliphatic heterocycles. The predicted octanol–water partition coefficient (Wildman–Crippen LogP) is 4.26. The molecule has 16 nitrogen and oxygen atoms in total. The fraction of sp³-hybridized carbons (Fsp3) is 0.317. The van der Waals surface area contributed by atoms with Crippen LogP contribution in [-0.4, -0.2) is 110 Å². The first-order chi connectivity index (χ1) is 28.3. The van der Waals surface area contributed by atoms with Crippen molar-refractivity contribution in [2.24, 2.45) is 0 Å². The average molecular weight is 805 g/mol. The van der Waals surface area contributed by atoms with Gasteiger partial charge in [-0.3, -0.25) is 34.2 Å². The number of imide groups is 2. The fourth-order valence-corrected chi connectivity index (χ4v) is 8.34. The number of hydrogen-bond donors (Lipinski definition) is 2. The van der Waals surface area contributed by atoms with Crippen LogP contribution in [0, 0.1) is 0 Å². The summed E-state index contributed by atoms with van der Waals surface area (Å²) < 4.78 is 19.2. The van der Waals surface area contributed by atoms with Gasteiger partial charge in [0.1, 0.15) is 42.0 Å². The minimum absolute atomic E-state index is 0.00213. The smallest absolute Gasteiger partial charge is 0.263 e. The number of rotatable bonds is 14. The number of ether oxygens (including phenoxy) is 3. The fourth-order valence-electron chi connectivity index (χ4n) is 7.40. The molecule has 2 saturated heterocycles. The molecule has 2 fully saturated rings. The molecule has 3 aliphatic rings. The topological polar surface area (TPSA) is 201 Å². The molecule has 5 aromatic rings. The van der Waals surface area contributed by atoms with Crippen LogP contribution in [0.2, 0.25) is 0 Å². The van der Waals surface area contributed by atoms with Crippen LogP contribution in [0.5, 0.6) is 11.5 Å². The third-order valence-corrected chi connectivity index (χ3v) is 11.3. The lowest BCUT2D eigenvalue weighted by atomic mass is 10.0. The standard InChI is InChI=1S/C41H40N8O8S/c42-37-35-36(25-9-11-28(12-10-25)57-27-5-2-1-3-6-27)46-49(38(35)44-24-43-37)26-15-17-47(18-16-26)33(51)23-56-20-19-55-21-22-58-31-8-4-7-29-34(31)41(54)48(40(29)53)30-13-14-32(50)45-39(30)52/h1-12,24,26,30H,13-23H2,(H2,42,43,44)(H,45,50,52). The summed E-state index contributed by atoms with van der Waals surface area (Å²) in [6.07, 6.45) is 2.95. The number of carbonyl (C=O) groups excluding carboxylic acids is 5. The van der Waals surface area contributed by atoms with Gasteiger partial charge in [-0.05, 0) is 67.8 Å². The molecule has 3 aromatic carbocycles. The lowest BCUT2D eigenvalue weighted by molar-refractivity contribution is -0.138. The van der Waals surface area contributed by atoms with Crippen LogP contribution in [0.3, 0.4) is 0 Å². The zero-order chi connectivity index (χ0) is 40.2. The Labute approximate surface area is 337 Å². The molecule has 298 valence electrons. The van der Waals surface area contributed by atoms with Crippen LogP contribution in [0.4, 0.5) is 5.82 Å². The largest absolute Gasteiger partial charge is 0.457 e. The number of benzene rings is 3. The lowest BCUT2D eigenvalue weighted by Crippen LogP contribution is -2.54. The molecule has 0 bridgehead atoms. The molecule has 3 N–H and O–H groups in total. The third kappa shape index (κ3) is 8.00. The number of nitrogens with zero attached hydrogens (tertiary/aromatic N) is 6. The summed E-state index contributed by atoms with van der Waals surface area (Å²) in [5, 5.41) is 7.87. The molecule has 5 heterocycles. The summed E-state index contributed by atoms with van der Waals surface area (Å²) >= 11 is 1.36. The summed E-state index contributed by atoms with van der Waals surface area (Å²) in [7, 11) is 0. The van der Waals surface area contributed by atoms with Crippen LogP contribution in [0.25, 0.3) is 22.3 Å². The van der Waals surface area contributed by atoms with Crippen molar-refractivity contribution < 1.29 is 38.2 Å². The third-order valence-electron chi connectivity index (χ3n) is 10.3.